The molecule has 1 aliphatic heterocycles. The summed E-state index contributed by atoms with van der Waals surface area (Å²) in [6, 6.07) is 18.3. The molecule has 242 valence electrons. The molecule has 1 heterocycles. The molecule has 0 fully saturated rings. The van der Waals surface area contributed by atoms with Gasteiger partial charge in [-0.05, 0) is 67.4 Å². The number of carbonyl (C=O) groups excluding carboxylic acids is 4. The zero-order valence-electron chi connectivity index (χ0n) is 25.7. The van der Waals surface area contributed by atoms with Crippen LogP contribution in [-0.4, -0.2) is 43.7 Å². The van der Waals surface area contributed by atoms with Gasteiger partial charge in [0.1, 0.15) is 23.3 Å². The molecule has 0 radical (unpaired) electrons. The summed E-state index contributed by atoms with van der Waals surface area (Å²) >= 11 is 2.09. The Morgan fingerprint density at radius 3 is 1.89 bits per heavy atom. The predicted octanol–water partition coefficient (Wildman–Crippen LogP) is 7.07. The minimum Gasteiger partial charge on any atom is -0.493 e. The molecule has 1 aliphatic rings. The molecule has 0 bridgehead atoms. The predicted molar refractivity (Wildman–Crippen MR) is 175 cm³/mol. The summed E-state index contributed by atoms with van der Waals surface area (Å²) in [7, 11) is 0. The first kappa shape index (κ1) is 34.9. The van der Waals surface area contributed by atoms with Crippen LogP contribution in [0.3, 0.4) is 0 Å². The van der Waals surface area contributed by atoms with E-state index in [4.69, 9.17) is 23.7 Å². The molecule has 0 N–H and O–H groups in total. The Labute approximate surface area is 280 Å². The molecule has 47 heavy (non-hydrogen) atoms. The van der Waals surface area contributed by atoms with Crippen LogP contribution in [0.5, 0.6) is 17.2 Å². The molecule has 0 amide bonds. The van der Waals surface area contributed by atoms with E-state index in [0.29, 0.717) is 38.4 Å². The van der Waals surface area contributed by atoms with E-state index in [1.165, 1.54) is 12.1 Å². The van der Waals surface area contributed by atoms with Crippen molar-refractivity contribution in [2.45, 2.75) is 42.9 Å². The number of aryl methyl sites for hydroxylation is 1. The lowest BCUT2D eigenvalue weighted by Gasteiger charge is -2.12. The maximum absolute atomic E-state index is 13.1. The quantitative estimate of drug-likeness (QED) is 0.0569. The fourth-order valence-electron chi connectivity index (χ4n) is 4.15. The van der Waals surface area contributed by atoms with E-state index < -0.39 is 23.9 Å². The molecule has 4 rings (SSSR count). The van der Waals surface area contributed by atoms with Gasteiger partial charge >= 0.3 is 23.9 Å². The van der Waals surface area contributed by atoms with Crippen LogP contribution in [0.4, 0.5) is 0 Å². The number of rotatable bonds is 14. The van der Waals surface area contributed by atoms with Crippen molar-refractivity contribution in [1.82, 2.24) is 0 Å². The highest BCUT2D eigenvalue weighted by atomic mass is 32.2. The van der Waals surface area contributed by atoms with Crippen LogP contribution < -0.4 is 14.2 Å². The smallest absolute Gasteiger partial charge is 0.350 e. The second-order valence-corrected chi connectivity index (χ2v) is 12.0. The zero-order chi connectivity index (χ0) is 33.8. The van der Waals surface area contributed by atoms with Crippen molar-refractivity contribution in [3.05, 3.63) is 99.8 Å². The topological polar surface area (TPSA) is 138 Å². The maximum Gasteiger partial charge on any atom is 0.350 e. The van der Waals surface area contributed by atoms with Crippen molar-refractivity contribution in [2.75, 3.05) is 19.8 Å². The summed E-state index contributed by atoms with van der Waals surface area (Å²) in [5.74, 6) is -1.71. The summed E-state index contributed by atoms with van der Waals surface area (Å²) in [4.78, 5) is 50.6. The summed E-state index contributed by atoms with van der Waals surface area (Å²) in [5.41, 5.74) is 1.48. The molecule has 0 unspecified atom stereocenters. The largest absolute Gasteiger partial charge is 0.493 e. The van der Waals surface area contributed by atoms with E-state index >= 15 is 0 Å². The fourth-order valence-corrected chi connectivity index (χ4v) is 6.71. The molecule has 12 heteroatoms. The molecule has 0 aliphatic carbocycles. The minimum absolute atomic E-state index is 0.0807. The molecule has 0 aromatic heterocycles. The number of carbonyl (C=O) groups is 4. The van der Waals surface area contributed by atoms with Gasteiger partial charge in [0.15, 0.2) is 5.57 Å². The van der Waals surface area contributed by atoms with Gasteiger partial charge in [-0.3, -0.25) is 0 Å². The van der Waals surface area contributed by atoms with E-state index in [9.17, 15) is 24.4 Å². The number of ether oxygens (including phenoxy) is 5. The van der Waals surface area contributed by atoms with Gasteiger partial charge < -0.3 is 23.7 Å². The lowest BCUT2D eigenvalue weighted by atomic mass is 10.1. The number of esters is 4. The third-order valence-corrected chi connectivity index (χ3v) is 9.04. The Morgan fingerprint density at radius 2 is 1.38 bits per heavy atom. The third-order valence-electron chi connectivity index (χ3n) is 6.42. The average Bonchev–Trinajstić information content (AvgIpc) is 3.52. The molecule has 10 nitrogen and oxygen atoms in total. The monoisotopic (exact) mass is 673 g/mol. The highest BCUT2D eigenvalue weighted by Crippen LogP contribution is 2.59. The average molecular weight is 674 g/mol. The molecule has 0 saturated heterocycles. The number of benzene rings is 3. The Morgan fingerprint density at radius 1 is 0.809 bits per heavy atom. The van der Waals surface area contributed by atoms with E-state index in [1.54, 1.807) is 43.3 Å². The van der Waals surface area contributed by atoms with Gasteiger partial charge in [0.2, 0.25) is 0 Å². The van der Waals surface area contributed by atoms with Crippen molar-refractivity contribution < 1.29 is 42.9 Å². The number of nitrogens with zero attached hydrogens (tertiary/aromatic N) is 1. The van der Waals surface area contributed by atoms with Crippen molar-refractivity contribution in [2.24, 2.45) is 0 Å². The van der Waals surface area contributed by atoms with Crippen LogP contribution in [-0.2, 0) is 25.5 Å². The molecular weight excluding hydrogens is 643 g/mol. The number of hydrogen-bond acceptors (Lipinski definition) is 12. The van der Waals surface area contributed by atoms with Gasteiger partial charge in [0, 0.05) is 12.5 Å². The second kappa shape index (κ2) is 17.1. The van der Waals surface area contributed by atoms with Crippen LogP contribution in [0.1, 0.15) is 53.0 Å². The summed E-state index contributed by atoms with van der Waals surface area (Å²) in [6.07, 6.45) is 3.43. The summed E-state index contributed by atoms with van der Waals surface area (Å²) < 4.78 is 27.4. The first-order chi connectivity index (χ1) is 22.8. The number of nitriles is 1. The molecule has 0 atom stereocenters. The zero-order valence-corrected chi connectivity index (χ0v) is 27.4. The Balaban J connectivity index is 1.53. The molecular formula is C35H31NO9S2. The SMILES string of the molecule is C=CC(=O)OCCCOc1ccc(C(=O)Oc2ccc(OC(=O)c3ccc(CCC)cc3)c3c2S/C(=C(\C#N)C(=O)OCC)S3)cc1. The van der Waals surface area contributed by atoms with Crippen LogP contribution in [0, 0.1) is 11.3 Å². The number of thioether (sulfide) groups is 2. The van der Waals surface area contributed by atoms with Crippen molar-refractivity contribution in [3.63, 3.8) is 0 Å². The lowest BCUT2D eigenvalue weighted by molar-refractivity contribution is -0.138. The molecule has 3 aromatic carbocycles. The van der Waals surface area contributed by atoms with Crippen molar-refractivity contribution in [1.29, 1.82) is 5.26 Å². The molecule has 0 saturated carbocycles. The third kappa shape index (κ3) is 9.28. The van der Waals surface area contributed by atoms with Gasteiger partial charge in [-0.15, -0.1) is 0 Å². The number of hydrogen-bond donors (Lipinski definition) is 0. The first-order valence-corrected chi connectivity index (χ1v) is 16.3. The van der Waals surface area contributed by atoms with Crippen molar-refractivity contribution in [3.8, 4) is 23.3 Å². The fraction of sp³-hybridized carbons (Fsp3) is 0.229. The summed E-state index contributed by atoms with van der Waals surface area (Å²) in [6.45, 7) is 7.60. The van der Waals surface area contributed by atoms with Gasteiger partial charge in [0.05, 0.1) is 45.0 Å². The minimum atomic E-state index is -0.790. The first-order valence-electron chi connectivity index (χ1n) is 14.7. The van der Waals surface area contributed by atoms with Gasteiger partial charge in [-0.2, -0.15) is 5.26 Å². The molecule has 3 aromatic rings. The van der Waals surface area contributed by atoms with Crippen LogP contribution in [0.25, 0.3) is 0 Å². The Kier molecular flexibility index (Phi) is 12.7. The van der Waals surface area contributed by atoms with E-state index in [0.717, 1.165) is 48.0 Å². The normalized spacial score (nSPS) is 12.6. The standard InChI is InChI=1S/C35H31NO9S2/c1-4-8-22-9-11-23(12-10-22)32(38)44-27-17-18-28(31-30(27)46-35(47-31)26(21-36)34(40)41-6-3)45-33(39)24-13-15-25(16-14-24)42-19-7-20-43-29(37)5-2/h5,9-18H,2,4,6-8,19-20H2,1,3H3/b35-26+. The van der Waals surface area contributed by atoms with Gasteiger partial charge in [0.25, 0.3) is 0 Å². The van der Waals surface area contributed by atoms with E-state index in [2.05, 4.69) is 13.5 Å². The highest BCUT2D eigenvalue weighted by Gasteiger charge is 2.32. The summed E-state index contributed by atoms with van der Waals surface area (Å²) in [5, 5.41) is 9.75. The van der Waals surface area contributed by atoms with E-state index in [1.807, 2.05) is 18.2 Å². The molecule has 0 spiro atoms. The maximum atomic E-state index is 13.1. The number of fused-ring (bicyclic) bond motifs is 1. The van der Waals surface area contributed by atoms with Crippen LogP contribution in [0.15, 0.2) is 92.9 Å². The van der Waals surface area contributed by atoms with Gasteiger partial charge in [-0.1, -0.05) is 55.6 Å². The lowest BCUT2D eigenvalue weighted by Crippen LogP contribution is -2.11. The Hall–Kier alpha value is -4.99. The Bertz CT molecular complexity index is 1730. The van der Waals surface area contributed by atoms with Gasteiger partial charge in [-0.25, -0.2) is 19.2 Å². The van der Waals surface area contributed by atoms with Crippen LogP contribution >= 0.6 is 23.5 Å². The second-order valence-electron chi connectivity index (χ2n) is 9.74. The highest BCUT2D eigenvalue weighted by molar-refractivity contribution is 8.24. The van der Waals surface area contributed by atoms with Crippen molar-refractivity contribution >= 4 is 47.4 Å². The van der Waals surface area contributed by atoms with Crippen LogP contribution in [0.2, 0.25) is 0 Å². The van der Waals surface area contributed by atoms with E-state index in [-0.39, 0.29) is 35.8 Å².